The Bertz CT molecular complexity index is 782. The van der Waals surface area contributed by atoms with Crippen LogP contribution < -0.4 is 5.32 Å². The maximum Gasteiger partial charge on any atom is 0.266 e. The first kappa shape index (κ1) is 12.3. The smallest absolute Gasteiger partial charge is 0.266 e. The first-order chi connectivity index (χ1) is 9.76. The topological polar surface area (TPSA) is 65.8 Å². The number of carbonyl (C=O) groups excluding carboxylic acids is 1. The van der Waals surface area contributed by atoms with Crippen LogP contribution in [0.15, 0.2) is 48.7 Å². The predicted octanol–water partition coefficient (Wildman–Crippen LogP) is 3.42. The molecule has 3 aromatic rings. The minimum Gasteiger partial charge on any atom is -0.306 e. The van der Waals surface area contributed by atoms with E-state index < -0.39 is 0 Å². The molecule has 0 saturated carbocycles. The number of nitriles is 1. The highest BCUT2D eigenvalue weighted by atomic mass is 32.1. The Hall–Kier alpha value is -2.71. The van der Waals surface area contributed by atoms with Gasteiger partial charge in [0, 0.05) is 10.9 Å². The van der Waals surface area contributed by atoms with Crippen molar-refractivity contribution in [1.29, 1.82) is 5.26 Å². The molecule has 0 unspecified atom stereocenters. The van der Waals surface area contributed by atoms with Gasteiger partial charge in [-0.3, -0.25) is 4.79 Å². The minimum absolute atomic E-state index is 0.191. The number of carbonyl (C=O) groups is 1. The van der Waals surface area contributed by atoms with Crippen molar-refractivity contribution in [1.82, 2.24) is 4.98 Å². The van der Waals surface area contributed by atoms with Gasteiger partial charge in [0.15, 0.2) is 0 Å². The zero-order chi connectivity index (χ0) is 13.9. The third kappa shape index (κ3) is 2.37. The largest absolute Gasteiger partial charge is 0.306 e. The summed E-state index contributed by atoms with van der Waals surface area (Å²) in [5.74, 6) is 0.245. The molecule has 0 aliphatic heterocycles. The molecule has 1 aromatic carbocycles. The van der Waals surface area contributed by atoms with Gasteiger partial charge in [0.25, 0.3) is 5.91 Å². The molecule has 0 spiro atoms. The molecule has 1 amide bonds. The van der Waals surface area contributed by atoms with Crippen LogP contribution in [0, 0.1) is 11.3 Å². The van der Waals surface area contributed by atoms with Crippen LogP contribution >= 0.6 is 11.3 Å². The molecule has 3 rings (SSSR count). The molecule has 0 bridgehead atoms. The van der Waals surface area contributed by atoms with Gasteiger partial charge in [-0.2, -0.15) is 5.26 Å². The summed E-state index contributed by atoms with van der Waals surface area (Å²) in [6, 6.07) is 14.9. The fourth-order valence-electron chi connectivity index (χ4n) is 1.81. The molecule has 2 aromatic heterocycles. The first-order valence-electron chi connectivity index (χ1n) is 5.92. The van der Waals surface area contributed by atoms with Crippen LogP contribution in [0.2, 0.25) is 0 Å². The lowest BCUT2D eigenvalue weighted by Crippen LogP contribution is -2.11. The third-order valence-corrected chi connectivity index (χ3v) is 3.90. The Morgan fingerprint density at radius 1 is 1.25 bits per heavy atom. The highest BCUT2D eigenvalue weighted by Gasteiger charge is 2.10. The van der Waals surface area contributed by atoms with Gasteiger partial charge in [-0.05, 0) is 29.7 Å². The van der Waals surface area contributed by atoms with Crippen LogP contribution in [0.4, 0.5) is 5.82 Å². The highest BCUT2D eigenvalue weighted by Crippen LogP contribution is 2.25. The van der Waals surface area contributed by atoms with Gasteiger partial charge in [0.05, 0.1) is 10.4 Å². The molecule has 0 fully saturated rings. The Morgan fingerprint density at radius 3 is 2.80 bits per heavy atom. The van der Waals surface area contributed by atoms with Crippen molar-refractivity contribution in [2.75, 3.05) is 5.32 Å². The molecule has 2 heterocycles. The molecule has 96 valence electrons. The van der Waals surface area contributed by atoms with Crippen molar-refractivity contribution in [3.8, 4) is 6.07 Å². The molecular weight excluding hydrogens is 270 g/mol. The third-order valence-electron chi connectivity index (χ3n) is 2.78. The molecule has 4 nitrogen and oxygen atoms in total. The van der Waals surface area contributed by atoms with Crippen molar-refractivity contribution in [2.45, 2.75) is 0 Å². The van der Waals surface area contributed by atoms with Crippen molar-refractivity contribution < 1.29 is 4.79 Å². The van der Waals surface area contributed by atoms with E-state index in [1.165, 1.54) is 17.5 Å². The maximum atomic E-state index is 12.1. The van der Waals surface area contributed by atoms with Gasteiger partial charge >= 0.3 is 0 Å². The van der Waals surface area contributed by atoms with Crippen molar-refractivity contribution in [3.05, 3.63) is 59.1 Å². The second kappa shape index (κ2) is 5.11. The van der Waals surface area contributed by atoms with Gasteiger partial charge in [0.2, 0.25) is 0 Å². The van der Waals surface area contributed by atoms with E-state index in [0.29, 0.717) is 16.3 Å². The molecule has 0 aliphatic carbocycles. The lowest BCUT2D eigenvalue weighted by molar-refractivity contribution is 0.103. The van der Waals surface area contributed by atoms with Crippen LogP contribution in [0.25, 0.3) is 10.1 Å². The predicted molar refractivity (Wildman–Crippen MR) is 78.7 cm³/mol. The number of amides is 1. The number of hydrogen-bond donors (Lipinski definition) is 1. The van der Waals surface area contributed by atoms with Crippen LogP contribution in [0.5, 0.6) is 0 Å². The quantitative estimate of drug-likeness (QED) is 0.781. The average molecular weight is 279 g/mol. The molecular formula is C15H9N3OS. The summed E-state index contributed by atoms with van der Waals surface area (Å²) in [5, 5.41) is 12.5. The van der Waals surface area contributed by atoms with Crippen molar-refractivity contribution >= 4 is 33.1 Å². The van der Waals surface area contributed by atoms with Gasteiger partial charge in [0.1, 0.15) is 11.9 Å². The van der Waals surface area contributed by atoms with E-state index in [-0.39, 0.29) is 5.91 Å². The molecule has 0 radical (unpaired) electrons. The van der Waals surface area contributed by atoms with Crippen molar-refractivity contribution in [3.63, 3.8) is 0 Å². The number of aromatic nitrogens is 1. The van der Waals surface area contributed by atoms with E-state index in [4.69, 9.17) is 5.26 Å². The van der Waals surface area contributed by atoms with E-state index in [2.05, 4.69) is 10.3 Å². The van der Waals surface area contributed by atoms with E-state index in [1.54, 1.807) is 12.1 Å². The van der Waals surface area contributed by atoms with Gasteiger partial charge < -0.3 is 5.32 Å². The summed E-state index contributed by atoms with van der Waals surface area (Å²) in [6.07, 6.45) is 1.43. The van der Waals surface area contributed by atoms with Crippen molar-refractivity contribution in [2.24, 2.45) is 0 Å². The normalized spacial score (nSPS) is 10.2. The number of anilines is 1. The van der Waals surface area contributed by atoms with E-state index in [1.807, 2.05) is 36.4 Å². The number of benzene rings is 1. The molecule has 0 saturated heterocycles. The standard InChI is InChI=1S/C15H9N3OS/c16-8-10-5-6-14(17-9-10)18-15(19)13-7-11-3-1-2-4-12(11)20-13/h1-7,9H,(H,17,18,19). The van der Waals surface area contributed by atoms with E-state index >= 15 is 0 Å². The number of nitrogens with zero attached hydrogens (tertiary/aromatic N) is 2. The lowest BCUT2D eigenvalue weighted by atomic mass is 10.2. The molecule has 0 aliphatic rings. The number of rotatable bonds is 2. The maximum absolute atomic E-state index is 12.1. The number of nitrogens with one attached hydrogen (secondary N) is 1. The Labute approximate surface area is 119 Å². The molecule has 1 N–H and O–H groups in total. The van der Waals surface area contributed by atoms with Crippen LogP contribution in [0.1, 0.15) is 15.2 Å². The van der Waals surface area contributed by atoms with E-state index in [0.717, 1.165) is 10.1 Å². The zero-order valence-electron chi connectivity index (χ0n) is 10.3. The monoisotopic (exact) mass is 279 g/mol. The fourth-order valence-corrected chi connectivity index (χ4v) is 2.76. The van der Waals surface area contributed by atoms with Gasteiger partial charge in [-0.15, -0.1) is 11.3 Å². The zero-order valence-corrected chi connectivity index (χ0v) is 11.1. The SMILES string of the molecule is N#Cc1ccc(NC(=O)c2cc3ccccc3s2)nc1. The Balaban J connectivity index is 1.83. The summed E-state index contributed by atoms with van der Waals surface area (Å²) in [6.45, 7) is 0. The highest BCUT2D eigenvalue weighted by molar-refractivity contribution is 7.20. The minimum atomic E-state index is -0.191. The number of fused-ring (bicyclic) bond motifs is 1. The average Bonchev–Trinajstić information content (AvgIpc) is 2.92. The molecule has 20 heavy (non-hydrogen) atoms. The number of pyridine rings is 1. The van der Waals surface area contributed by atoms with Crippen LogP contribution in [-0.4, -0.2) is 10.9 Å². The summed E-state index contributed by atoms with van der Waals surface area (Å²) in [5.41, 5.74) is 0.463. The molecule has 5 heteroatoms. The summed E-state index contributed by atoms with van der Waals surface area (Å²) in [7, 11) is 0. The Kier molecular flexibility index (Phi) is 3.15. The second-order valence-corrected chi connectivity index (χ2v) is 5.23. The first-order valence-corrected chi connectivity index (χ1v) is 6.74. The van der Waals surface area contributed by atoms with Crippen LogP contribution in [-0.2, 0) is 0 Å². The van der Waals surface area contributed by atoms with Crippen LogP contribution in [0.3, 0.4) is 0 Å². The second-order valence-electron chi connectivity index (χ2n) is 4.15. The van der Waals surface area contributed by atoms with Gasteiger partial charge in [-0.1, -0.05) is 18.2 Å². The van der Waals surface area contributed by atoms with E-state index in [9.17, 15) is 4.79 Å². The summed E-state index contributed by atoms with van der Waals surface area (Å²) < 4.78 is 1.07. The Morgan fingerprint density at radius 2 is 2.10 bits per heavy atom. The number of hydrogen-bond acceptors (Lipinski definition) is 4. The summed E-state index contributed by atoms with van der Waals surface area (Å²) >= 11 is 1.44. The lowest BCUT2D eigenvalue weighted by Gasteiger charge is -2.01. The molecule has 0 atom stereocenters. The summed E-state index contributed by atoms with van der Waals surface area (Å²) in [4.78, 5) is 16.8. The fraction of sp³-hybridized carbons (Fsp3) is 0. The van der Waals surface area contributed by atoms with Gasteiger partial charge in [-0.25, -0.2) is 4.98 Å². The number of thiophene rings is 1.